The second-order valence-electron chi connectivity index (χ2n) is 8.33. The molecule has 0 saturated carbocycles. The van der Waals surface area contributed by atoms with Crippen LogP contribution in [0.5, 0.6) is 0 Å². The number of nitrogens with one attached hydrogen (secondary N) is 2. The second kappa shape index (κ2) is 9.01. The number of anilines is 1. The van der Waals surface area contributed by atoms with Crippen LogP contribution in [0.25, 0.3) is 5.69 Å². The molecule has 0 spiro atoms. The highest BCUT2D eigenvalue weighted by atomic mass is 16.2. The molecule has 1 saturated heterocycles. The minimum Gasteiger partial charge on any atom is -0.319 e. The van der Waals surface area contributed by atoms with Crippen LogP contribution in [-0.4, -0.2) is 38.7 Å². The molecule has 2 aromatic carbocycles. The molecule has 34 heavy (non-hydrogen) atoms. The van der Waals surface area contributed by atoms with Gasteiger partial charge in [-0.15, -0.1) is 0 Å². The molecule has 2 N–H and O–H groups in total. The summed E-state index contributed by atoms with van der Waals surface area (Å²) >= 11 is 0. The molecule has 9 heteroatoms. The number of amides is 4. The Bertz CT molecular complexity index is 1300. The monoisotopic (exact) mass is 461 g/mol. The van der Waals surface area contributed by atoms with E-state index in [4.69, 9.17) is 0 Å². The smallest absolute Gasteiger partial charge is 0.319 e. The Balaban J connectivity index is 1.58. The molecule has 1 aromatic heterocycles. The van der Waals surface area contributed by atoms with E-state index in [-0.39, 0.29) is 5.69 Å². The topological polar surface area (TPSA) is 105 Å². The zero-order chi connectivity index (χ0) is 24.5. The summed E-state index contributed by atoms with van der Waals surface area (Å²) in [5.41, 5.74) is 0.357. The number of hydrogen-bond acceptors (Lipinski definition) is 4. The van der Waals surface area contributed by atoms with E-state index in [0.29, 0.717) is 29.8 Å². The highest BCUT2D eigenvalue weighted by Crippen LogP contribution is 2.33. The predicted octanol–water partition coefficient (Wildman–Crippen LogP) is 2.67. The lowest BCUT2D eigenvalue weighted by Crippen LogP contribution is -2.44. The van der Waals surface area contributed by atoms with Crippen LogP contribution in [0.4, 0.5) is 10.5 Å². The molecular weight excluding hydrogens is 434 g/mol. The molecule has 0 bridgehead atoms. The van der Waals surface area contributed by atoms with Gasteiger partial charge in [-0.2, -0.15) is 0 Å². The lowest BCUT2D eigenvalue weighted by atomic mass is 9.85. The van der Waals surface area contributed by atoms with Crippen molar-refractivity contribution in [3.63, 3.8) is 0 Å². The zero-order valence-electron chi connectivity index (χ0n) is 19.4. The molecule has 3 aromatic rings. The van der Waals surface area contributed by atoms with E-state index >= 15 is 0 Å². The summed E-state index contributed by atoms with van der Waals surface area (Å²) in [7, 11) is 1.72. The number of nitrogens with zero attached hydrogens (tertiary/aromatic N) is 3. The van der Waals surface area contributed by atoms with Crippen LogP contribution in [-0.2, 0) is 22.2 Å². The highest BCUT2D eigenvalue weighted by Gasteiger charge is 2.52. The molecule has 1 aliphatic rings. The molecule has 1 fully saturated rings. The van der Waals surface area contributed by atoms with Crippen molar-refractivity contribution in [2.24, 2.45) is 7.05 Å². The quantitative estimate of drug-likeness (QED) is 0.528. The molecule has 4 amide bonds. The Hall–Kier alpha value is -4.14. The number of hydrogen-bond donors (Lipinski definition) is 2. The minimum absolute atomic E-state index is 0.103. The van der Waals surface area contributed by atoms with Crippen molar-refractivity contribution in [2.45, 2.75) is 32.2 Å². The van der Waals surface area contributed by atoms with Gasteiger partial charge in [0.1, 0.15) is 17.8 Å². The van der Waals surface area contributed by atoms with Gasteiger partial charge in [0.25, 0.3) is 11.5 Å². The highest BCUT2D eigenvalue weighted by molar-refractivity contribution is 6.10. The molecule has 4 rings (SSSR count). The van der Waals surface area contributed by atoms with Crippen molar-refractivity contribution >= 4 is 23.5 Å². The molecule has 2 heterocycles. The standard InChI is InChI=1S/C25H27N5O4/c1-4-15-25(18-11-7-5-8-12-18)23(33)29(24(34)27-25)16-20(31)26-21-17(2)28(3)30(22(21)32)19-13-9-6-10-14-19/h5-14H,4,15-16H2,1-3H3,(H,26,31)(H,27,34). The molecule has 9 nitrogen and oxygen atoms in total. The molecule has 1 unspecified atom stereocenters. The first kappa shape index (κ1) is 23.0. The maximum atomic E-state index is 13.4. The normalized spacial score (nSPS) is 17.7. The van der Waals surface area contributed by atoms with E-state index in [0.717, 1.165) is 4.90 Å². The van der Waals surface area contributed by atoms with Gasteiger partial charge in [0.15, 0.2) is 0 Å². The van der Waals surface area contributed by atoms with E-state index in [2.05, 4.69) is 10.6 Å². The van der Waals surface area contributed by atoms with Gasteiger partial charge in [-0.1, -0.05) is 61.9 Å². The largest absolute Gasteiger partial charge is 0.325 e. The Labute approximate surface area is 197 Å². The van der Waals surface area contributed by atoms with Crippen LogP contribution in [0.2, 0.25) is 0 Å². The third-order valence-electron chi connectivity index (χ3n) is 6.19. The van der Waals surface area contributed by atoms with Gasteiger partial charge >= 0.3 is 6.03 Å². The summed E-state index contributed by atoms with van der Waals surface area (Å²) in [6.45, 7) is 3.14. The number of carbonyl (C=O) groups excluding carboxylic acids is 3. The Morgan fingerprint density at radius 3 is 2.24 bits per heavy atom. The van der Waals surface area contributed by atoms with E-state index in [9.17, 15) is 19.2 Å². The number of benzene rings is 2. The fraction of sp³-hybridized carbons (Fsp3) is 0.280. The molecule has 1 atom stereocenters. The summed E-state index contributed by atoms with van der Waals surface area (Å²) in [6.07, 6.45) is 1.06. The number of imide groups is 1. The van der Waals surface area contributed by atoms with Gasteiger partial charge in [0.2, 0.25) is 5.91 Å². The van der Waals surface area contributed by atoms with E-state index in [1.807, 2.05) is 31.2 Å². The number of carbonyl (C=O) groups is 3. The van der Waals surface area contributed by atoms with Crippen molar-refractivity contribution in [3.05, 3.63) is 82.3 Å². The Morgan fingerprint density at radius 2 is 1.62 bits per heavy atom. The van der Waals surface area contributed by atoms with Gasteiger partial charge < -0.3 is 10.6 Å². The number of para-hydroxylation sites is 1. The van der Waals surface area contributed by atoms with Gasteiger partial charge in [-0.25, -0.2) is 9.48 Å². The summed E-state index contributed by atoms with van der Waals surface area (Å²) in [5.74, 6) is -1.11. The van der Waals surface area contributed by atoms with Crippen LogP contribution in [0, 0.1) is 6.92 Å². The molecule has 176 valence electrons. The SMILES string of the molecule is CCCC1(c2ccccc2)NC(=O)N(CC(=O)Nc2c(C)n(C)n(-c3ccccc3)c2=O)C1=O. The summed E-state index contributed by atoms with van der Waals surface area (Å²) in [4.78, 5) is 53.0. The van der Waals surface area contributed by atoms with Crippen molar-refractivity contribution < 1.29 is 14.4 Å². The lowest BCUT2D eigenvalue weighted by molar-refractivity contribution is -0.134. The minimum atomic E-state index is -1.21. The Kier molecular flexibility index (Phi) is 6.10. The summed E-state index contributed by atoms with van der Waals surface area (Å²) < 4.78 is 3.09. The zero-order valence-corrected chi connectivity index (χ0v) is 19.4. The number of urea groups is 1. The van der Waals surface area contributed by atoms with E-state index in [1.165, 1.54) is 4.68 Å². The molecular formula is C25H27N5O4. The first-order valence-corrected chi connectivity index (χ1v) is 11.1. The summed E-state index contributed by atoms with van der Waals surface area (Å²) in [5, 5.41) is 5.41. The lowest BCUT2D eigenvalue weighted by Gasteiger charge is -2.26. The molecule has 1 aliphatic heterocycles. The third kappa shape index (κ3) is 3.79. The first-order valence-electron chi connectivity index (χ1n) is 11.1. The first-order chi connectivity index (χ1) is 16.3. The van der Waals surface area contributed by atoms with E-state index in [1.54, 1.807) is 55.1 Å². The van der Waals surface area contributed by atoms with Crippen LogP contribution >= 0.6 is 0 Å². The molecule has 0 aliphatic carbocycles. The second-order valence-corrected chi connectivity index (χ2v) is 8.33. The predicted molar refractivity (Wildman–Crippen MR) is 128 cm³/mol. The summed E-state index contributed by atoms with van der Waals surface area (Å²) in [6, 6.07) is 17.4. The average Bonchev–Trinajstić information content (AvgIpc) is 3.20. The van der Waals surface area contributed by atoms with Crippen molar-refractivity contribution in [1.82, 2.24) is 19.6 Å². The number of rotatable bonds is 7. The van der Waals surface area contributed by atoms with Gasteiger partial charge in [-0.05, 0) is 31.0 Å². The van der Waals surface area contributed by atoms with Crippen LogP contribution in [0.3, 0.4) is 0 Å². The van der Waals surface area contributed by atoms with Crippen LogP contribution < -0.4 is 16.2 Å². The maximum Gasteiger partial charge on any atom is 0.325 e. The van der Waals surface area contributed by atoms with Crippen molar-refractivity contribution in [2.75, 3.05) is 11.9 Å². The maximum absolute atomic E-state index is 13.4. The third-order valence-corrected chi connectivity index (χ3v) is 6.19. The van der Waals surface area contributed by atoms with Crippen LogP contribution in [0.1, 0.15) is 31.0 Å². The average molecular weight is 462 g/mol. The van der Waals surface area contributed by atoms with Crippen molar-refractivity contribution in [1.29, 1.82) is 0 Å². The van der Waals surface area contributed by atoms with Gasteiger partial charge in [0.05, 0.1) is 11.4 Å². The fourth-order valence-electron chi connectivity index (χ4n) is 4.41. The van der Waals surface area contributed by atoms with E-state index < -0.39 is 35.5 Å². The van der Waals surface area contributed by atoms with Crippen LogP contribution in [0.15, 0.2) is 65.5 Å². The van der Waals surface area contributed by atoms with Crippen molar-refractivity contribution in [3.8, 4) is 5.69 Å². The number of aromatic nitrogens is 2. The van der Waals surface area contributed by atoms with Gasteiger partial charge in [-0.3, -0.25) is 24.0 Å². The fourth-order valence-corrected chi connectivity index (χ4v) is 4.41. The van der Waals surface area contributed by atoms with Gasteiger partial charge in [0, 0.05) is 7.05 Å². The Morgan fingerprint density at radius 1 is 1.00 bits per heavy atom. The molecule has 0 radical (unpaired) electrons.